The molecular weight excluding hydrogens is 176 g/mol. The Hall–Kier alpha value is -1.71. The van der Waals surface area contributed by atoms with Gasteiger partial charge in [-0.05, 0) is 25.0 Å². The topological polar surface area (TPSA) is 54.5 Å². The van der Waals surface area contributed by atoms with Gasteiger partial charge in [-0.3, -0.25) is 10.1 Å². The third kappa shape index (κ3) is 1.64. The van der Waals surface area contributed by atoms with Crippen LogP contribution in [0.1, 0.15) is 18.3 Å². The van der Waals surface area contributed by atoms with Crippen LogP contribution in [0.15, 0.2) is 18.5 Å². The second kappa shape index (κ2) is 3.57. The summed E-state index contributed by atoms with van der Waals surface area (Å²) in [6.45, 7) is 3.98. The van der Waals surface area contributed by atoms with E-state index in [2.05, 4.69) is 33.2 Å². The van der Waals surface area contributed by atoms with E-state index in [0.29, 0.717) is 5.82 Å². The zero-order chi connectivity index (χ0) is 9.97. The van der Waals surface area contributed by atoms with E-state index in [-0.39, 0.29) is 0 Å². The van der Waals surface area contributed by atoms with Gasteiger partial charge in [0, 0.05) is 18.0 Å². The molecule has 0 aliphatic rings. The standard InChI is InChI=1S/C10H12N4/c1-3-8-4-9(6-11-5-8)10-12-7(2)13-14-10/h4-6H,3H2,1-2H3,(H,12,13,14). The predicted molar refractivity (Wildman–Crippen MR) is 53.7 cm³/mol. The molecule has 0 bridgehead atoms. The number of hydrogen-bond donors (Lipinski definition) is 1. The molecule has 0 saturated carbocycles. The number of aryl methyl sites for hydroxylation is 2. The van der Waals surface area contributed by atoms with Crippen LogP contribution in [0.3, 0.4) is 0 Å². The van der Waals surface area contributed by atoms with E-state index in [0.717, 1.165) is 17.8 Å². The molecule has 2 rings (SSSR count). The van der Waals surface area contributed by atoms with Crippen molar-refractivity contribution in [2.24, 2.45) is 0 Å². The van der Waals surface area contributed by atoms with Gasteiger partial charge in [0.25, 0.3) is 0 Å². The number of nitrogens with one attached hydrogen (secondary N) is 1. The van der Waals surface area contributed by atoms with Crippen molar-refractivity contribution in [1.82, 2.24) is 20.2 Å². The lowest BCUT2D eigenvalue weighted by molar-refractivity contribution is 1.04. The van der Waals surface area contributed by atoms with Gasteiger partial charge in [0.2, 0.25) is 0 Å². The molecule has 2 aromatic rings. The fourth-order valence-electron chi connectivity index (χ4n) is 1.28. The highest BCUT2D eigenvalue weighted by atomic mass is 15.2. The van der Waals surface area contributed by atoms with Crippen molar-refractivity contribution in [3.63, 3.8) is 0 Å². The van der Waals surface area contributed by atoms with Gasteiger partial charge in [-0.25, -0.2) is 4.98 Å². The van der Waals surface area contributed by atoms with Gasteiger partial charge in [0.05, 0.1) is 0 Å². The molecule has 0 saturated heterocycles. The van der Waals surface area contributed by atoms with E-state index in [1.54, 1.807) is 6.20 Å². The van der Waals surface area contributed by atoms with Gasteiger partial charge >= 0.3 is 0 Å². The lowest BCUT2D eigenvalue weighted by atomic mass is 10.1. The molecule has 0 spiro atoms. The highest BCUT2D eigenvalue weighted by molar-refractivity contribution is 5.53. The maximum absolute atomic E-state index is 4.25. The number of nitrogens with zero attached hydrogens (tertiary/aromatic N) is 3. The first kappa shape index (κ1) is 8.87. The molecule has 0 amide bonds. The van der Waals surface area contributed by atoms with Crippen LogP contribution in [0.25, 0.3) is 11.4 Å². The van der Waals surface area contributed by atoms with Gasteiger partial charge in [0.15, 0.2) is 5.82 Å². The lowest BCUT2D eigenvalue weighted by Gasteiger charge is -1.97. The molecule has 4 heteroatoms. The molecule has 2 heterocycles. The summed E-state index contributed by atoms with van der Waals surface area (Å²) in [5.74, 6) is 1.53. The minimum atomic E-state index is 0.713. The van der Waals surface area contributed by atoms with Gasteiger partial charge in [-0.15, -0.1) is 0 Å². The Bertz CT molecular complexity index is 433. The number of hydrogen-bond acceptors (Lipinski definition) is 3. The lowest BCUT2D eigenvalue weighted by Crippen LogP contribution is -1.87. The second-order valence-electron chi connectivity index (χ2n) is 3.18. The zero-order valence-electron chi connectivity index (χ0n) is 8.28. The van der Waals surface area contributed by atoms with Crippen LogP contribution in [0.2, 0.25) is 0 Å². The van der Waals surface area contributed by atoms with Crippen LogP contribution < -0.4 is 0 Å². The Balaban J connectivity index is 2.41. The van der Waals surface area contributed by atoms with Gasteiger partial charge in [-0.1, -0.05) is 6.92 Å². The Morgan fingerprint density at radius 1 is 1.36 bits per heavy atom. The van der Waals surface area contributed by atoms with E-state index >= 15 is 0 Å². The summed E-state index contributed by atoms with van der Waals surface area (Å²) in [5, 5.41) is 6.90. The van der Waals surface area contributed by atoms with Crippen molar-refractivity contribution in [1.29, 1.82) is 0 Å². The molecule has 0 aromatic carbocycles. The van der Waals surface area contributed by atoms with Gasteiger partial charge in [0.1, 0.15) is 5.82 Å². The SMILES string of the molecule is CCc1cncc(-c2n[nH]c(C)n2)c1. The van der Waals surface area contributed by atoms with Crippen molar-refractivity contribution in [2.75, 3.05) is 0 Å². The smallest absolute Gasteiger partial charge is 0.182 e. The van der Waals surface area contributed by atoms with E-state index in [9.17, 15) is 0 Å². The maximum Gasteiger partial charge on any atom is 0.182 e. The number of aromatic amines is 1. The quantitative estimate of drug-likeness (QED) is 0.781. The summed E-state index contributed by atoms with van der Waals surface area (Å²) in [7, 11) is 0. The Morgan fingerprint density at radius 2 is 2.21 bits per heavy atom. The largest absolute Gasteiger partial charge is 0.264 e. The van der Waals surface area contributed by atoms with Crippen LogP contribution >= 0.6 is 0 Å². The molecular formula is C10H12N4. The highest BCUT2D eigenvalue weighted by Crippen LogP contribution is 2.14. The van der Waals surface area contributed by atoms with Gasteiger partial charge in [-0.2, -0.15) is 5.10 Å². The first-order chi connectivity index (χ1) is 6.79. The molecule has 0 atom stereocenters. The molecule has 0 aliphatic heterocycles. The van der Waals surface area contributed by atoms with Crippen LogP contribution in [0.4, 0.5) is 0 Å². The van der Waals surface area contributed by atoms with Crippen molar-refractivity contribution < 1.29 is 0 Å². The number of rotatable bonds is 2. The third-order valence-electron chi connectivity index (χ3n) is 2.06. The van der Waals surface area contributed by atoms with Crippen LogP contribution in [-0.2, 0) is 6.42 Å². The fourth-order valence-corrected chi connectivity index (χ4v) is 1.28. The molecule has 1 N–H and O–H groups in total. The summed E-state index contributed by atoms with van der Waals surface area (Å²) in [4.78, 5) is 8.40. The van der Waals surface area contributed by atoms with Crippen molar-refractivity contribution in [2.45, 2.75) is 20.3 Å². The molecule has 2 aromatic heterocycles. The van der Waals surface area contributed by atoms with Crippen LogP contribution in [0, 0.1) is 6.92 Å². The number of pyridine rings is 1. The van der Waals surface area contributed by atoms with E-state index < -0.39 is 0 Å². The summed E-state index contributed by atoms with van der Waals surface area (Å²) < 4.78 is 0. The maximum atomic E-state index is 4.25. The Morgan fingerprint density at radius 3 is 2.86 bits per heavy atom. The normalized spacial score (nSPS) is 10.4. The van der Waals surface area contributed by atoms with E-state index in [4.69, 9.17) is 0 Å². The van der Waals surface area contributed by atoms with E-state index in [1.165, 1.54) is 5.56 Å². The van der Waals surface area contributed by atoms with Gasteiger partial charge < -0.3 is 0 Å². The van der Waals surface area contributed by atoms with Crippen LogP contribution in [0.5, 0.6) is 0 Å². The van der Waals surface area contributed by atoms with Crippen LogP contribution in [-0.4, -0.2) is 20.2 Å². The predicted octanol–water partition coefficient (Wildman–Crippen LogP) is 1.74. The molecule has 14 heavy (non-hydrogen) atoms. The van der Waals surface area contributed by atoms with E-state index in [1.807, 2.05) is 13.1 Å². The third-order valence-corrected chi connectivity index (χ3v) is 2.06. The van der Waals surface area contributed by atoms with Crippen molar-refractivity contribution in [3.8, 4) is 11.4 Å². The first-order valence-electron chi connectivity index (χ1n) is 4.63. The zero-order valence-corrected chi connectivity index (χ0v) is 8.28. The average Bonchev–Trinajstić information content (AvgIpc) is 2.65. The first-order valence-corrected chi connectivity index (χ1v) is 4.63. The van der Waals surface area contributed by atoms with Crippen molar-refractivity contribution >= 4 is 0 Å². The Labute approximate surface area is 82.4 Å². The summed E-state index contributed by atoms with van der Waals surface area (Å²) in [6.07, 6.45) is 4.62. The minimum Gasteiger partial charge on any atom is -0.264 e. The monoisotopic (exact) mass is 188 g/mol. The highest BCUT2D eigenvalue weighted by Gasteiger charge is 2.03. The summed E-state index contributed by atoms with van der Waals surface area (Å²) >= 11 is 0. The molecule has 0 unspecified atom stereocenters. The summed E-state index contributed by atoms with van der Waals surface area (Å²) in [5.41, 5.74) is 2.17. The fraction of sp³-hybridized carbons (Fsp3) is 0.300. The Kier molecular flexibility index (Phi) is 2.26. The average molecular weight is 188 g/mol. The summed E-state index contributed by atoms with van der Waals surface area (Å²) in [6, 6.07) is 2.07. The molecule has 0 radical (unpaired) electrons. The molecule has 0 aliphatic carbocycles. The van der Waals surface area contributed by atoms with Crippen molar-refractivity contribution in [3.05, 3.63) is 29.8 Å². The molecule has 4 nitrogen and oxygen atoms in total. The molecule has 0 fully saturated rings. The second-order valence-corrected chi connectivity index (χ2v) is 3.18. The minimum absolute atomic E-state index is 0.713. The number of H-pyrrole nitrogens is 1. The number of aromatic nitrogens is 4. The molecule has 72 valence electrons.